The van der Waals surface area contributed by atoms with Crippen LogP contribution in [0.25, 0.3) is 0 Å². The summed E-state index contributed by atoms with van der Waals surface area (Å²) in [6.07, 6.45) is 3.27. The second kappa shape index (κ2) is 11.6. The lowest BCUT2D eigenvalue weighted by molar-refractivity contribution is -0.143. The van der Waals surface area contributed by atoms with Crippen LogP contribution < -0.4 is 10.6 Å². The fraction of sp³-hybridized carbons (Fsp3) is 0.529. The van der Waals surface area contributed by atoms with Crippen molar-refractivity contribution in [1.29, 1.82) is 0 Å². The summed E-state index contributed by atoms with van der Waals surface area (Å²) < 4.78 is 4.88. The van der Waals surface area contributed by atoms with Gasteiger partial charge in [0.2, 0.25) is 0 Å². The Bertz CT molecular complexity index is 446. The van der Waals surface area contributed by atoms with Crippen molar-refractivity contribution in [2.45, 2.75) is 32.6 Å². The lowest BCUT2D eigenvalue weighted by Crippen LogP contribution is -2.38. The highest BCUT2D eigenvalue weighted by Crippen LogP contribution is 2.01. The highest BCUT2D eigenvalue weighted by molar-refractivity contribution is 5.79. The molecule has 0 aliphatic rings. The van der Waals surface area contributed by atoms with Gasteiger partial charge in [0.1, 0.15) is 0 Å². The predicted octanol–water partition coefficient (Wildman–Crippen LogP) is 2.13. The first kappa shape index (κ1) is 18.0. The molecule has 1 aromatic carbocycles. The molecule has 1 aromatic rings. The number of rotatable bonds is 9. The number of nitrogens with zero attached hydrogens (tertiary/aromatic N) is 1. The van der Waals surface area contributed by atoms with E-state index in [4.69, 9.17) is 4.74 Å². The van der Waals surface area contributed by atoms with Crippen LogP contribution in [0.15, 0.2) is 35.3 Å². The highest BCUT2D eigenvalue weighted by atomic mass is 16.5. The molecule has 0 aliphatic carbocycles. The number of guanidine groups is 1. The molecule has 2 N–H and O–H groups in total. The van der Waals surface area contributed by atoms with Crippen molar-refractivity contribution in [2.24, 2.45) is 4.99 Å². The molecule has 0 unspecified atom stereocenters. The minimum atomic E-state index is -0.143. The molecular weight excluding hydrogens is 278 g/mol. The van der Waals surface area contributed by atoms with E-state index in [1.165, 1.54) is 5.56 Å². The third-order valence-electron chi connectivity index (χ3n) is 3.16. The van der Waals surface area contributed by atoms with Crippen LogP contribution in [0.4, 0.5) is 0 Å². The molecule has 122 valence electrons. The Morgan fingerprint density at radius 3 is 2.45 bits per heavy atom. The molecule has 0 atom stereocenters. The molecule has 0 saturated heterocycles. The van der Waals surface area contributed by atoms with E-state index < -0.39 is 0 Å². The van der Waals surface area contributed by atoms with Crippen LogP contribution in [0.1, 0.15) is 31.7 Å². The molecule has 22 heavy (non-hydrogen) atoms. The summed E-state index contributed by atoms with van der Waals surface area (Å²) in [5.74, 6) is 0.632. The Morgan fingerprint density at radius 2 is 1.82 bits per heavy atom. The Morgan fingerprint density at radius 1 is 1.14 bits per heavy atom. The van der Waals surface area contributed by atoms with Gasteiger partial charge < -0.3 is 15.4 Å². The fourth-order valence-corrected chi connectivity index (χ4v) is 2.04. The lowest BCUT2D eigenvalue weighted by atomic mass is 10.1. The average Bonchev–Trinajstić information content (AvgIpc) is 2.54. The first-order valence-electron chi connectivity index (χ1n) is 7.90. The van der Waals surface area contributed by atoms with Crippen molar-refractivity contribution in [1.82, 2.24) is 10.6 Å². The zero-order valence-corrected chi connectivity index (χ0v) is 13.6. The van der Waals surface area contributed by atoms with Gasteiger partial charge in [0.25, 0.3) is 0 Å². The number of hydrogen-bond donors (Lipinski definition) is 2. The standard InChI is InChI=1S/C17H27N3O2/c1-3-22-16(21)12-8-14-20-17(18-2)19-13-7-11-15-9-5-4-6-10-15/h4-6,9-10H,3,7-8,11-14H2,1-2H3,(H2,18,19,20). The van der Waals surface area contributed by atoms with Gasteiger partial charge in [-0.05, 0) is 31.7 Å². The van der Waals surface area contributed by atoms with Crippen molar-refractivity contribution in [3.63, 3.8) is 0 Å². The molecule has 0 aliphatic heterocycles. The zero-order valence-electron chi connectivity index (χ0n) is 13.6. The van der Waals surface area contributed by atoms with Crippen molar-refractivity contribution in [3.05, 3.63) is 35.9 Å². The van der Waals surface area contributed by atoms with Gasteiger partial charge in [-0.1, -0.05) is 30.3 Å². The topological polar surface area (TPSA) is 62.7 Å². The van der Waals surface area contributed by atoms with Crippen molar-refractivity contribution < 1.29 is 9.53 Å². The van der Waals surface area contributed by atoms with Crippen molar-refractivity contribution in [2.75, 3.05) is 26.7 Å². The van der Waals surface area contributed by atoms with Crippen LogP contribution in [0.2, 0.25) is 0 Å². The number of hydrogen-bond acceptors (Lipinski definition) is 3. The number of carbonyl (C=O) groups excluding carboxylic acids is 1. The summed E-state index contributed by atoms with van der Waals surface area (Å²) in [5, 5.41) is 6.47. The molecule has 1 rings (SSSR count). The van der Waals surface area contributed by atoms with Gasteiger partial charge in [0.15, 0.2) is 5.96 Å². The Hall–Kier alpha value is -2.04. The summed E-state index contributed by atoms with van der Waals surface area (Å²) in [6.45, 7) is 3.83. The van der Waals surface area contributed by atoms with Crippen molar-refractivity contribution >= 4 is 11.9 Å². The summed E-state index contributed by atoms with van der Waals surface area (Å²) >= 11 is 0. The Labute approximate surface area is 133 Å². The van der Waals surface area contributed by atoms with E-state index in [0.717, 1.165) is 31.8 Å². The molecule has 5 heteroatoms. The molecule has 0 fully saturated rings. The summed E-state index contributed by atoms with van der Waals surface area (Å²) in [7, 11) is 1.75. The summed E-state index contributed by atoms with van der Waals surface area (Å²) in [6, 6.07) is 10.4. The molecular formula is C17H27N3O2. The van der Waals surface area contributed by atoms with E-state index in [2.05, 4.69) is 39.9 Å². The summed E-state index contributed by atoms with van der Waals surface area (Å²) in [4.78, 5) is 15.4. The first-order chi connectivity index (χ1) is 10.8. The quantitative estimate of drug-likeness (QED) is 0.317. The maximum atomic E-state index is 11.2. The van der Waals surface area contributed by atoms with E-state index in [0.29, 0.717) is 19.6 Å². The van der Waals surface area contributed by atoms with Crippen LogP contribution in [-0.4, -0.2) is 38.7 Å². The second-order valence-corrected chi connectivity index (χ2v) is 4.92. The number of aryl methyl sites for hydroxylation is 1. The van der Waals surface area contributed by atoms with Crippen LogP contribution in [0.3, 0.4) is 0 Å². The number of benzene rings is 1. The average molecular weight is 305 g/mol. The van der Waals surface area contributed by atoms with Gasteiger partial charge in [0.05, 0.1) is 6.61 Å². The predicted molar refractivity (Wildman–Crippen MR) is 90.0 cm³/mol. The van der Waals surface area contributed by atoms with E-state index in [1.54, 1.807) is 7.05 Å². The SMILES string of the molecule is CCOC(=O)CCCNC(=NC)NCCCc1ccccc1. The highest BCUT2D eigenvalue weighted by Gasteiger charge is 2.02. The minimum absolute atomic E-state index is 0.143. The third-order valence-corrected chi connectivity index (χ3v) is 3.16. The summed E-state index contributed by atoms with van der Waals surface area (Å²) in [5.41, 5.74) is 1.35. The monoisotopic (exact) mass is 305 g/mol. The van der Waals surface area contributed by atoms with Gasteiger partial charge in [-0.15, -0.1) is 0 Å². The van der Waals surface area contributed by atoms with Gasteiger partial charge in [0, 0.05) is 26.6 Å². The van der Waals surface area contributed by atoms with Gasteiger partial charge in [-0.2, -0.15) is 0 Å². The molecule has 5 nitrogen and oxygen atoms in total. The molecule has 0 heterocycles. The fourth-order valence-electron chi connectivity index (χ4n) is 2.04. The number of carbonyl (C=O) groups is 1. The molecule has 0 aromatic heterocycles. The third kappa shape index (κ3) is 8.29. The number of esters is 1. The number of nitrogens with one attached hydrogen (secondary N) is 2. The Kier molecular flexibility index (Phi) is 9.50. The van der Waals surface area contributed by atoms with Gasteiger partial charge >= 0.3 is 5.97 Å². The van der Waals surface area contributed by atoms with E-state index in [-0.39, 0.29) is 5.97 Å². The molecule has 0 bridgehead atoms. The lowest BCUT2D eigenvalue weighted by Gasteiger charge is -2.11. The van der Waals surface area contributed by atoms with E-state index in [9.17, 15) is 4.79 Å². The molecule has 0 spiro atoms. The number of aliphatic imine (C=N–C) groups is 1. The van der Waals surface area contributed by atoms with Crippen LogP contribution in [0, 0.1) is 0 Å². The number of ether oxygens (including phenoxy) is 1. The van der Waals surface area contributed by atoms with Gasteiger partial charge in [-0.25, -0.2) is 0 Å². The largest absolute Gasteiger partial charge is 0.466 e. The van der Waals surface area contributed by atoms with Gasteiger partial charge in [-0.3, -0.25) is 9.79 Å². The van der Waals surface area contributed by atoms with Crippen LogP contribution in [-0.2, 0) is 16.0 Å². The Balaban J connectivity index is 2.08. The van der Waals surface area contributed by atoms with E-state index in [1.807, 2.05) is 13.0 Å². The van der Waals surface area contributed by atoms with Crippen LogP contribution >= 0.6 is 0 Å². The first-order valence-corrected chi connectivity index (χ1v) is 7.90. The molecule has 0 saturated carbocycles. The maximum absolute atomic E-state index is 11.2. The van der Waals surface area contributed by atoms with Crippen molar-refractivity contribution in [3.8, 4) is 0 Å². The molecule has 0 radical (unpaired) electrons. The normalized spacial score (nSPS) is 11.1. The zero-order chi connectivity index (χ0) is 16.0. The second-order valence-electron chi connectivity index (χ2n) is 4.92. The smallest absolute Gasteiger partial charge is 0.305 e. The van der Waals surface area contributed by atoms with E-state index >= 15 is 0 Å². The maximum Gasteiger partial charge on any atom is 0.305 e. The minimum Gasteiger partial charge on any atom is -0.466 e. The molecule has 0 amide bonds. The van der Waals surface area contributed by atoms with Crippen LogP contribution in [0.5, 0.6) is 0 Å².